The lowest BCUT2D eigenvalue weighted by Gasteiger charge is -2.07. The first-order valence-electron chi connectivity index (χ1n) is 9.69. The van der Waals surface area contributed by atoms with Crippen LogP contribution in [-0.4, -0.2) is 10.9 Å². The molecule has 5 rings (SSSR count). The van der Waals surface area contributed by atoms with Gasteiger partial charge < -0.3 is 9.73 Å². The third-order valence-corrected chi connectivity index (χ3v) is 4.92. The van der Waals surface area contributed by atoms with E-state index in [1.807, 2.05) is 103 Å². The molecule has 0 saturated heterocycles. The number of carbonyl (C=O) groups excluding carboxylic acids is 1. The molecule has 4 aromatic carbocycles. The molecular formula is C26H18N2O2. The smallest absolute Gasteiger partial charge is 0.255 e. The Morgan fingerprint density at radius 2 is 1.40 bits per heavy atom. The molecular weight excluding hydrogens is 372 g/mol. The van der Waals surface area contributed by atoms with Gasteiger partial charge in [0.05, 0.1) is 0 Å². The number of benzene rings is 4. The SMILES string of the molecule is O=C(Nc1cccc(-c2nc3ccccc3o2)c1)c1ccc(-c2ccccc2)cc1. The number of amides is 1. The Balaban J connectivity index is 1.35. The average molecular weight is 390 g/mol. The van der Waals surface area contributed by atoms with E-state index in [4.69, 9.17) is 4.42 Å². The van der Waals surface area contributed by atoms with E-state index in [1.54, 1.807) is 0 Å². The fraction of sp³-hybridized carbons (Fsp3) is 0. The first-order valence-corrected chi connectivity index (χ1v) is 9.69. The number of nitrogens with zero attached hydrogens (tertiary/aromatic N) is 1. The summed E-state index contributed by atoms with van der Waals surface area (Å²) in [5.41, 5.74) is 5.83. The molecule has 0 saturated carbocycles. The predicted octanol–water partition coefficient (Wildman–Crippen LogP) is 6.41. The normalized spacial score (nSPS) is 10.8. The second kappa shape index (κ2) is 7.68. The van der Waals surface area contributed by atoms with Gasteiger partial charge in [-0.2, -0.15) is 0 Å². The highest BCUT2D eigenvalue weighted by atomic mass is 16.3. The lowest BCUT2D eigenvalue weighted by atomic mass is 10.0. The zero-order valence-electron chi connectivity index (χ0n) is 16.1. The van der Waals surface area contributed by atoms with E-state index in [2.05, 4.69) is 10.3 Å². The number of para-hydroxylation sites is 2. The highest BCUT2D eigenvalue weighted by molar-refractivity contribution is 6.04. The number of oxazole rings is 1. The van der Waals surface area contributed by atoms with Gasteiger partial charge in [0.25, 0.3) is 5.91 Å². The number of aromatic nitrogens is 1. The molecule has 0 spiro atoms. The number of rotatable bonds is 4. The molecule has 30 heavy (non-hydrogen) atoms. The predicted molar refractivity (Wildman–Crippen MR) is 119 cm³/mol. The summed E-state index contributed by atoms with van der Waals surface area (Å²) >= 11 is 0. The number of carbonyl (C=O) groups is 1. The Bertz CT molecular complexity index is 1290. The minimum absolute atomic E-state index is 0.163. The van der Waals surface area contributed by atoms with Crippen molar-refractivity contribution in [3.05, 3.63) is 109 Å². The van der Waals surface area contributed by atoms with Gasteiger partial charge in [0, 0.05) is 16.8 Å². The highest BCUT2D eigenvalue weighted by Crippen LogP contribution is 2.26. The molecule has 0 atom stereocenters. The molecule has 144 valence electrons. The third kappa shape index (κ3) is 3.59. The van der Waals surface area contributed by atoms with Gasteiger partial charge in [-0.1, -0.05) is 60.7 Å². The van der Waals surface area contributed by atoms with E-state index >= 15 is 0 Å². The quantitative estimate of drug-likeness (QED) is 0.385. The summed E-state index contributed by atoms with van der Waals surface area (Å²) < 4.78 is 5.83. The monoisotopic (exact) mass is 390 g/mol. The lowest BCUT2D eigenvalue weighted by Crippen LogP contribution is -2.11. The Morgan fingerprint density at radius 1 is 0.700 bits per heavy atom. The molecule has 0 aliphatic carbocycles. The van der Waals surface area contributed by atoms with Crippen LogP contribution in [0.2, 0.25) is 0 Å². The maximum atomic E-state index is 12.7. The van der Waals surface area contributed by atoms with E-state index in [0.717, 1.165) is 27.8 Å². The van der Waals surface area contributed by atoms with Gasteiger partial charge in [-0.25, -0.2) is 4.98 Å². The van der Waals surface area contributed by atoms with Crippen molar-refractivity contribution in [2.45, 2.75) is 0 Å². The second-order valence-corrected chi connectivity index (χ2v) is 6.97. The molecule has 1 amide bonds. The molecule has 0 radical (unpaired) electrons. The van der Waals surface area contributed by atoms with Crippen LogP contribution in [0, 0.1) is 0 Å². The van der Waals surface area contributed by atoms with Gasteiger partial charge in [-0.15, -0.1) is 0 Å². The molecule has 0 bridgehead atoms. The number of fused-ring (bicyclic) bond motifs is 1. The van der Waals surface area contributed by atoms with Crippen LogP contribution in [0.25, 0.3) is 33.7 Å². The van der Waals surface area contributed by atoms with E-state index in [1.165, 1.54) is 0 Å². The van der Waals surface area contributed by atoms with Gasteiger partial charge in [0.2, 0.25) is 5.89 Å². The largest absolute Gasteiger partial charge is 0.436 e. The minimum Gasteiger partial charge on any atom is -0.436 e. The van der Waals surface area contributed by atoms with E-state index < -0.39 is 0 Å². The number of anilines is 1. The van der Waals surface area contributed by atoms with Gasteiger partial charge in [0.15, 0.2) is 5.58 Å². The van der Waals surface area contributed by atoms with Crippen LogP contribution in [-0.2, 0) is 0 Å². The Kier molecular flexibility index (Phi) is 4.58. The maximum absolute atomic E-state index is 12.7. The van der Waals surface area contributed by atoms with Crippen LogP contribution in [0.4, 0.5) is 5.69 Å². The molecule has 1 aromatic heterocycles. The maximum Gasteiger partial charge on any atom is 0.255 e. The van der Waals surface area contributed by atoms with Crippen molar-refractivity contribution in [1.82, 2.24) is 4.98 Å². The van der Waals surface area contributed by atoms with Crippen LogP contribution in [0.5, 0.6) is 0 Å². The van der Waals surface area contributed by atoms with Gasteiger partial charge in [-0.3, -0.25) is 4.79 Å². The van der Waals surface area contributed by atoms with Crippen LogP contribution >= 0.6 is 0 Å². The fourth-order valence-electron chi connectivity index (χ4n) is 3.37. The highest BCUT2D eigenvalue weighted by Gasteiger charge is 2.11. The summed E-state index contributed by atoms with van der Waals surface area (Å²) in [6.45, 7) is 0. The summed E-state index contributed by atoms with van der Waals surface area (Å²) in [6, 6.07) is 32.8. The van der Waals surface area contributed by atoms with Crippen molar-refractivity contribution < 1.29 is 9.21 Å². The summed E-state index contributed by atoms with van der Waals surface area (Å²) in [5.74, 6) is 0.365. The third-order valence-electron chi connectivity index (χ3n) is 4.92. The van der Waals surface area contributed by atoms with Crippen LogP contribution in [0.1, 0.15) is 10.4 Å². The first-order chi connectivity index (χ1) is 14.8. The molecule has 0 aliphatic heterocycles. The van der Waals surface area contributed by atoms with Gasteiger partial charge in [-0.05, 0) is 53.6 Å². The standard InChI is InChI=1S/C26H18N2O2/c29-25(20-15-13-19(14-16-20)18-7-2-1-3-8-18)27-22-10-6-9-21(17-22)26-28-23-11-4-5-12-24(23)30-26/h1-17H,(H,27,29). The molecule has 4 heteroatoms. The summed E-state index contributed by atoms with van der Waals surface area (Å²) in [4.78, 5) is 17.2. The molecule has 1 N–H and O–H groups in total. The summed E-state index contributed by atoms with van der Waals surface area (Å²) in [5, 5.41) is 2.95. The summed E-state index contributed by atoms with van der Waals surface area (Å²) in [7, 11) is 0. The Labute approximate surface area is 173 Å². The van der Waals surface area contributed by atoms with Gasteiger partial charge >= 0.3 is 0 Å². The van der Waals surface area contributed by atoms with Crippen molar-refractivity contribution >= 4 is 22.7 Å². The van der Waals surface area contributed by atoms with Crippen molar-refractivity contribution in [2.75, 3.05) is 5.32 Å². The second-order valence-electron chi connectivity index (χ2n) is 6.97. The topological polar surface area (TPSA) is 55.1 Å². The molecule has 0 fully saturated rings. The summed E-state index contributed by atoms with van der Waals surface area (Å²) in [6.07, 6.45) is 0. The van der Waals surface area contributed by atoms with Crippen molar-refractivity contribution in [3.8, 4) is 22.6 Å². The zero-order chi connectivity index (χ0) is 20.3. The lowest BCUT2D eigenvalue weighted by molar-refractivity contribution is 0.102. The van der Waals surface area contributed by atoms with Crippen LogP contribution in [0.3, 0.4) is 0 Å². The number of hydrogen-bond acceptors (Lipinski definition) is 3. The van der Waals surface area contributed by atoms with Crippen molar-refractivity contribution in [3.63, 3.8) is 0 Å². The first kappa shape index (κ1) is 17.9. The Hall–Kier alpha value is -4.18. The minimum atomic E-state index is -0.163. The van der Waals surface area contributed by atoms with Crippen LogP contribution < -0.4 is 5.32 Å². The van der Waals surface area contributed by atoms with Crippen LogP contribution in [0.15, 0.2) is 108 Å². The molecule has 0 unspecified atom stereocenters. The Morgan fingerprint density at radius 3 is 2.20 bits per heavy atom. The number of nitrogens with one attached hydrogen (secondary N) is 1. The molecule has 1 heterocycles. The van der Waals surface area contributed by atoms with E-state index in [0.29, 0.717) is 17.1 Å². The fourth-order valence-corrected chi connectivity index (χ4v) is 3.37. The van der Waals surface area contributed by atoms with Crippen molar-refractivity contribution in [2.24, 2.45) is 0 Å². The van der Waals surface area contributed by atoms with Gasteiger partial charge in [0.1, 0.15) is 5.52 Å². The molecule has 0 aliphatic rings. The van der Waals surface area contributed by atoms with E-state index in [9.17, 15) is 4.79 Å². The van der Waals surface area contributed by atoms with E-state index in [-0.39, 0.29) is 5.91 Å². The molecule has 4 nitrogen and oxygen atoms in total. The zero-order valence-corrected chi connectivity index (χ0v) is 16.1. The van der Waals surface area contributed by atoms with Crippen molar-refractivity contribution in [1.29, 1.82) is 0 Å². The molecule has 5 aromatic rings. The number of hydrogen-bond donors (Lipinski definition) is 1. The average Bonchev–Trinajstić information content (AvgIpc) is 3.24.